The highest BCUT2D eigenvalue weighted by Gasteiger charge is 2.07. The van der Waals surface area contributed by atoms with E-state index in [1.165, 1.54) is 0 Å². The monoisotopic (exact) mass is 218 g/mol. The summed E-state index contributed by atoms with van der Waals surface area (Å²) in [6, 6.07) is 7.57. The van der Waals surface area contributed by atoms with Crippen molar-refractivity contribution in [1.29, 1.82) is 0 Å². The number of hydrogen-bond acceptors (Lipinski definition) is 3. The zero-order chi connectivity index (χ0) is 10.3. The average Bonchev–Trinajstić information content (AvgIpc) is 2.76. The molecule has 1 N–H and O–H groups in total. The van der Waals surface area contributed by atoms with Crippen LogP contribution in [0.3, 0.4) is 0 Å². The second-order valence-electron chi connectivity index (χ2n) is 3.25. The molecule has 0 radical (unpaired) electrons. The molecule has 0 saturated heterocycles. The number of hydrogen-bond donors (Lipinski definition) is 1. The van der Waals surface area contributed by atoms with Crippen molar-refractivity contribution in [2.24, 2.45) is 0 Å². The van der Waals surface area contributed by atoms with Gasteiger partial charge in [0.1, 0.15) is 0 Å². The van der Waals surface area contributed by atoms with Crippen LogP contribution in [-0.4, -0.2) is 4.98 Å². The van der Waals surface area contributed by atoms with E-state index >= 15 is 0 Å². The summed E-state index contributed by atoms with van der Waals surface area (Å²) in [6.07, 6.45) is 1.60. The minimum Gasteiger partial charge on any atom is -0.256 e. The number of benzene rings is 1. The highest BCUT2D eigenvalue weighted by atomic mass is 32.1. The van der Waals surface area contributed by atoms with Crippen LogP contribution in [0.2, 0.25) is 0 Å². The first-order valence-electron chi connectivity index (χ1n) is 4.52. The molecule has 0 bridgehead atoms. The number of pyridine rings is 1. The lowest BCUT2D eigenvalue weighted by molar-refractivity contribution is 0.619. The highest BCUT2D eigenvalue weighted by molar-refractivity contribution is 7.18. The number of nitrogens with zero attached hydrogens (tertiary/aromatic N) is 1. The minimum absolute atomic E-state index is 0.480. The summed E-state index contributed by atoms with van der Waals surface area (Å²) in [5.74, 6) is 0. The fraction of sp³-hybridized carbons (Fsp3) is 0. The molecule has 0 amide bonds. The first-order chi connectivity index (χ1) is 7.40. The molecule has 1 aromatic carbocycles. The maximum Gasteiger partial charge on any atom is 0.0779 e. The van der Waals surface area contributed by atoms with Crippen LogP contribution < -0.4 is 5.54 Å². The third kappa shape index (κ3) is 1.18. The van der Waals surface area contributed by atoms with Gasteiger partial charge in [-0.1, -0.05) is 6.07 Å². The molecule has 0 spiro atoms. The van der Waals surface area contributed by atoms with Gasteiger partial charge in [-0.2, -0.15) is 0 Å². The number of nitrogens with one attached hydrogen (secondary N) is 1. The predicted molar refractivity (Wildman–Crippen MR) is 61.9 cm³/mol. The number of rotatable bonds is 1. The molecular weight excluding hydrogens is 211 g/mol. The van der Waals surface area contributed by atoms with Crippen LogP contribution in [0, 0.1) is 0 Å². The second-order valence-corrected chi connectivity index (χ2v) is 4.17. The van der Waals surface area contributed by atoms with Crippen LogP contribution in [0.5, 0.6) is 0 Å². The van der Waals surface area contributed by atoms with E-state index in [4.69, 9.17) is 0 Å². The van der Waals surface area contributed by atoms with E-state index in [-0.39, 0.29) is 0 Å². The van der Waals surface area contributed by atoms with Crippen molar-refractivity contribution in [3.63, 3.8) is 0 Å². The molecule has 15 heavy (non-hydrogen) atoms. The molecule has 3 aromatic rings. The van der Waals surface area contributed by atoms with Crippen molar-refractivity contribution in [3.8, 4) is 0 Å². The van der Waals surface area contributed by atoms with Crippen molar-refractivity contribution in [3.05, 3.63) is 35.8 Å². The molecule has 2 aromatic heterocycles. The summed E-state index contributed by atoms with van der Waals surface area (Å²) in [5, 5.41) is 3.98. The van der Waals surface area contributed by atoms with Crippen LogP contribution in [0.25, 0.3) is 21.0 Å². The van der Waals surface area contributed by atoms with E-state index < -0.39 is 0 Å². The lowest BCUT2D eigenvalue weighted by Crippen LogP contribution is -1.86. The molecule has 0 unspecified atom stereocenters. The molecule has 4 heteroatoms. The summed E-state index contributed by atoms with van der Waals surface area (Å²) < 4.78 is 13.7. The van der Waals surface area contributed by atoms with Gasteiger partial charge in [0.05, 0.1) is 11.2 Å². The number of fused-ring (bicyclic) bond motifs is 3. The molecule has 0 aliphatic rings. The predicted octanol–water partition coefficient (Wildman–Crippen LogP) is 3.75. The van der Waals surface area contributed by atoms with E-state index in [2.05, 4.69) is 4.98 Å². The van der Waals surface area contributed by atoms with E-state index in [0.717, 1.165) is 21.0 Å². The molecule has 2 nitrogen and oxygen atoms in total. The first kappa shape index (κ1) is 8.61. The normalized spacial score (nSPS) is 11.0. The van der Waals surface area contributed by atoms with Gasteiger partial charge < -0.3 is 0 Å². The molecule has 0 saturated carbocycles. The van der Waals surface area contributed by atoms with E-state index in [9.17, 15) is 4.48 Å². The Labute approximate surface area is 89.3 Å². The zero-order valence-corrected chi connectivity index (χ0v) is 8.51. The van der Waals surface area contributed by atoms with Crippen molar-refractivity contribution in [2.45, 2.75) is 0 Å². The van der Waals surface area contributed by atoms with Gasteiger partial charge in [0.25, 0.3) is 0 Å². The van der Waals surface area contributed by atoms with Crippen molar-refractivity contribution in [2.75, 3.05) is 5.54 Å². The molecular formula is C11H7FN2S. The Morgan fingerprint density at radius 2 is 2.13 bits per heavy atom. The zero-order valence-electron chi connectivity index (χ0n) is 7.70. The Balaban J connectivity index is 2.58. The van der Waals surface area contributed by atoms with Gasteiger partial charge in [-0.25, -0.2) is 5.54 Å². The van der Waals surface area contributed by atoms with Crippen molar-refractivity contribution >= 4 is 38.0 Å². The lowest BCUT2D eigenvalue weighted by atomic mass is 10.1. The third-order valence-corrected chi connectivity index (χ3v) is 3.37. The number of halogens is 1. The van der Waals surface area contributed by atoms with Gasteiger partial charge in [-0.15, -0.1) is 15.8 Å². The SMILES string of the molecule is FNc1ccnc2ccc3ccsc3c12. The average molecular weight is 218 g/mol. The minimum atomic E-state index is 0.480. The van der Waals surface area contributed by atoms with Gasteiger partial charge >= 0.3 is 0 Å². The Morgan fingerprint density at radius 3 is 3.00 bits per heavy atom. The topological polar surface area (TPSA) is 24.9 Å². The third-order valence-electron chi connectivity index (χ3n) is 2.43. The molecule has 0 aliphatic heterocycles. The highest BCUT2D eigenvalue weighted by Crippen LogP contribution is 2.33. The summed E-state index contributed by atoms with van der Waals surface area (Å²) in [6.45, 7) is 0. The number of thiophene rings is 1. The maximum atomic E-state index is 12.6. The van der Waals surface area contributed by atoms with E-state index in [1.54, 1.807) is 29.1 Å². The van der Waals surface area contributed by atoms with Gasteiger partial charge in [0.2, 0.25) is 0 Å². The van der Waals surface area contributed by atoms with Gasteiger partial charge in [-0.3, -0.25) is 4.98 Å². The van der Waals surface area contributed by atoms with Crippen LogP contribution in [0.4, 0.5) is 10.2 Å². The summed E-state index contributed by atoms with van der Waals surface area (Å²) in [4.78, 5) is 4.22. The Kier molecular flexibility index (Phi) is 1.82. The molecule has 0 atom stereocenters. The van der Waals surface area contributed by atoms with Crippen molar-refractivity contribution in [1.82, 2.24) is 4.98 Å². The molecule has 0 aliphatic carbocycles. The fourth-order valence-electron chi connectivity index (χ4n) is 1.74. The van der Waals surface area contributed by atoms with Crippen LogP contribution in [0.1, 0.15) is 0 Å². The van der Waals surface area contributed by atoms with Crippen LogP contribution in [-0.2, 0) is 0 Å². The molecule has 3 rings (SSSR count). The summed E-state index contributed by atoms with van der Waals surface area (Å²) in [5.41, 5.74) is 3.01. The maximum absolute atomic E-state index is 12.6. The van der Waals surface area contributed by atoms with E-state index in [0.29, 0.717) is 5.69 Å². The van der Waals surface area contributed by atoms with Gasteiger partial charge in [0, 0.05) is 16.3 Å². The quantitative estimate of drug-likeness (QED) is 0.629. The Hall–Kier alpha value is -1.68. The summed E-state index contributed by atoms with van der Waals surface area (Å²) >= 11 is 1.60. The largest absolute Gasteiger partial charge is 0.256 e. The van der Waals surface area contributed by atoms with Gasteiger partial charge in [-0.05, 0) is 29.0 Å². The molecule has 74 valence electrons. The van der Waals surface area contributed by atoms with Crippen LogP contribution >= 0.6 is 11.3 Å². The molecule has 0 fully saturated rings. The first-order valence-corrected chi connectivity index (χ1v) is 5.39. The summed E-state index contributed by atoms with van der Waals surface area (Å²) in [7, 11) is 0. The smallest absolute Gasteiger partial charge is 0.0779 e. The van der Waals surface area contributed by atoms with E-state index in [1.807, 2.05) is 23.6 Å². The number of aromatic nitrogens is 1. The van der Waals surface area contributed by atoms with Crippen molar-refractivity contribution < 1.29 is 4.48 Å². The fourth-order valence-corrected chi connectivity index (χ4v) is 2.70. The Bertz CT molecular complexity index is 633. The second kappa shape index (κ2) is 3.17. The van der Waals surface area contributed by atoms with Crippen LogP contribution in [0.15, 0.2) is 35.8 Å². The number of anilines is 1. The van der Waals surface area contributed by atoms with Gasteiger partial charge in [0.15, 0.2) is 0 Å². The standard InChI is InChI=1S/C11H7FN2S/c12-14-9-3-5-13-8-2-1-7-4-6-15-11(7)10(8)9/h1-6H,(H,13,14). The molecule has 2 heterocycles. The Morgan fingerprint density at radius 1 is 1.20 bits per heavy atom. The lowest BCUT2D eigenvalue weighted by Gasteiger charge is -2.03.